The van der Waals surface area contributed by atoms with Crippen LogP contribution < -0.4 is 10.6 Å². The van der Waals surface area contributed by atoms with E-state index in [4.69, 9.17) is 4.42 Å². The van der Waals surface area contributed by atoms with Crippen LogP contribution in [0.15, 0.2) is 26.9 Å². The number of aliphatic imine (C=N–C) groups is 1. The molecule has 3 aromatic rings. The predicted molar refractivity (Wildman–Crippen MR) is 123 cm³/mol. The van der Waals surface area contributed by atoms with Crippen molar-refractivity contribution in [1.29, 1.82) is 0 Å². The molecule has 0 amide bonds. The molecule has 0 bridgehead atoms. The Bertz CT molecular complexity index is 880. The van der Waals surface area contributed by atoms with Crippen molar-refractivity contribution in [3.63, 3.8) is 0 Å². The average Bonchev–Trinajstić information content (AvgIpc) is 3.32. The van der Waals surface area contributed by atoms with Gasteiger partial charge in [-0.2, -0.15) is 0 Å². The number of rotatable bonds is 6. The summed E-state index contributed by atoms with van der Waals surface area (Å²) in [4.78, 5) is 15.7. The Kier molecular flexibility index (Phi) is 8.24. The van der Waals surface area contributed by atoms with Gasteiger partial charge in [0.25, 0.3) is 0 Å². The maximum absolute atomic E-state index is 5.57. The fraction of sp³-hybridized carbons (Fsp3) is 0.389. The summed E-state index contributed by atoms with van der Waals surface area (Å²) in [5.41, 5.74) is 2.00. The molecule has 0 saturated carbocycles. The van der Waals surface area contributed by atoms with Gasteiger partial charge in [0, 0.05) is 23.8 Å². The summed E-state index contributed by atoms with van der Waals surface area (Å²) in [6, 6.07) is 4.32. The third-order valence-corrected chi connectivity index (χ3v) is 5.84. The largest absolute Gasteiger partial charge is 0.444 e. The van der Waals surface area contributed by atoms with Crippen LogP contribution in [0.2, 0.25) is 0 Å². The minimum Gasteiger partial charge on any atom is -0.444 e. The third kappa shape index (κ3) is 6.01. The molecule has 3 rings (SSSR count). The number of oxazole rings is 1. The molecule has 0 aliphatic heterocycles. The molecule has 0 aliphatic carbocycles. The molecule has 3 heterocycles. The Labute approximate surface area is 184 Å². The summed E-state index contributed by atoms with van der Waals surface area (Å²) in [6.07, 6.45) is 0.936. The van der Waals surface area contributed by atoms with E-state index in [-0.39, 0.29) is 24.0 Å². The number of hydrogen-bond acceptors (Lipinski definition) is 6. The molecule has 3 aromatic heterocycles. The molecule has 0 spiro atoms. The first kappa shape index (κ1) is 21.8. The van der Waals surface area contributed by atoms with Crippen LogP contribution in [0.3, 0.4) is 0 Å². The van der Waals surface area contributed by atoms with Crippen molar-refractivity contribution in [2.75, 3.05) is 13.6 Å². The van der Waals surface area contributed by atoms with Gasteiger partial charge in [0.15, 0.2) is 5.96 Å². The van der Waals surface area contributed by atoms with E-state index in [1.165, 1.54) is 9.75 Å². The lowest BCUT2D eigenvalue weighted by Gasteiger charge is -2.09. The van der Waals surface area contributed by atoms with E-state index >= 15 is 0 Å². The molecule has 0 fully saturated rings. The Morgan fingerprint density at radius 1 is 1.19 bits per heavy atom. The molecule has 0 radical (unpaired) electrons. The van der Waals surface area contributed by atoms with Gasteiger partial charge in [-0.05, 0) is 39.3 Å². The maximum Gasteiger partial charge on any atom is 0.214 e. The van der Waals surface area contributed by atoms with Crippen LogP contribution in [0.4, 0.5) is 0 Å². The Morgan fingerprint density at radius 2 is 2.00 bits per heavy atom. The Morgan fingerprint density at radius 3 is 2.63 bits per heavy atom. The van der Waals surface area contributed by atoms with Crippen molar-refractivity contribution in [1.82, 2.24) is 20.6 Å². The van der Waals surface area contributed by atoms with E-state index in [9.17, 15) is 0 Å². The minimum atomic E-state index is 0. The number of nitrogens with zero attached hydrogens (tertiary/aromatic N) is 3. The van der Waals surface area contributed by atoms with E-state index in [1.54, 1.807) is 29.7 Å². The van der Waals surface area contributed by atoms with Crippen LogP contribution in [-0.4, -0.2) is 29.5 Å². The first-order chi connectivity index (χ1) is 12.5. The van der Waals surface area contributed by atoms with Crippen molar-refractivity contribution in [2.24, 2.45) is 4.99 Å². The lowest BCUT2D eigenvalue weighted by atomic mass is 10.3. The smallest absolute Gasteiger partial charge is 0.214 e. The topological polar surface area (TPSA) is 75.3 Å². The molecule has 0 unspecified atom stereocenters. The highest BCUT2D eigenvalue weighted by molar-refractivity contribution is 14.0. The number of thiazole rings is 1. The van der Waals surface area contributed by atoms with Gasteiger partial charge in [0.1, 0.15) is 5.76 Å². The van der Waals surface area contributed by atoms with Gasteiger partial charge in [-0.3, -0.25) is 4.99 Å². The second-order valence-corrected chi connectivity index (χ2v) is 8.10. The summed E-state index contributed by atoms with van der Waals surface area (Å²) in [5.74, 6) is 2.27. The number of guanidine groups is 1. The first-order valence-electron chi connectivity index (χ1n) is 8.44. The van der Waals surface area contributed by atoms with E-state index in [0.717, 1.165) is 41.1 Å². The van der Waals surface area contributed by atoms with Gasteiger partial charge in [0.2, 0.25) is 5.89 Å². The fourth-order valence-electron chi connectivity index (χ4n) is 2.43. The van der Waals surface area contributed by atoms with Crippen LogP contribution in [0.1, 0.15) is 27.2 Å². The molecular formula is C18H24IN5OS2. The van der Waals surface area contributed by atoms with E-state index in [2.05, 4.69) is 43.1 Å². The standard InChI is InChI=1S/C18H23N5OS2.HI/c1-11-12(2)24-17(22-11)9-21-18(19-4)20-8-7-14-5-6-16(26-14)15-10-25-13(3)23-15;/h5-6,10H,7-9H2,1-4H3,(H2,19,20,21);1H. The molecule has 146 valence electrons. The molecule has 0 saturated heterocycles. The highest BCUT2D eigenvalue weighted by Crippen LogP contribution is 2.29. The number of aromatic nitrogens is 2. The van der Waals surface area contributed by atoms with E-state index in [1.807, 2.05) is 20.8 Å². The van der Waals surface area contributed by atoms with Gasteiger partial charge in [0.05, 0.1) is 27.8 Å². The van der Waals surface area contributed by atoms with E-state index < -0.39 is 0 Å². The van der Waals surface area contributed by atoms with Crippen LogP contribution in [0.5, 0.6) is 0 Å². The number of nitrogens with one attached hydrogen (secondary N) is 2. The molecule has 2 N–H and O–H groups in total. The summed E-state index contributed by atoms with van der Waals surface area (Å²) in [5, 5.41) is 9.76. The molecule has 9 heteroatoms. The van der Waals surface area contributed by atoms with E-state index in [0.29, 0.717) is 12.4 Å². The number of hydrogen-bond donors (Lipinski definition) is 2. The lowest BCUT2D eigenvalue weighted by molar-refractivity contribution is 0.464. The van der Waals surface area contributed by atoms with Crippen LogP contribution >= 0.6 is 46.7 Å². The summed E-state index contributed by atoms with van der Waals surface area (Å²) >= 11 is 3.48. The second-order valence-electron chi connectivity index (χ2n) is 5.87. The van der Waals surface area contributed by atoms with Crippen LogP contribution in [0.25, 0.3) is 10.6 Å². The van der Waals surface area contributed by atoms with Gasteiger partial charge in [-0.15, -0.1) is 46.7 Å². The summed E-state index contributed by atoms with van der Waals surface area (Å²) < 4.78 is 5.57. The summed E-state index contributed by atoms with van der Waals surface area (Å²) in [7, 11) is 1.76. The number of aryl methyl sites for hydroxylation is 3. The van der Waals surface area contributed by atoms with Crippen molar-refractivity contribution < 1.29 is 4.42 Å². The minimum absolute atomic E-state index is 0. The number of halogens is 1. The highest BCUT2D eigenvalue weighted by atomic mass is 127. The molecule has 0 aliphatic rings. The van der Waals surface area contributed by atoms with Crippen molar-refractivity contribution >= 4 is 52.6 Å². The predicted octanol–water partition coefficient (Wildman–Crippen LogP) is 4.31. The molecule has 27 heavy (non-hydrogen) atoms. The molecule has 6 nitrogen and oxygen atoms in total. The van der Waals surface area contributed by atoms with Crippen molar-refractivity contribution in [3.8, 4) is 10.6 Å². The fourth-order valence-corrected chi connectivity index (χ4v) is 4.08. The molecular weight excluding hydrogens is 493 g/mol. The number of thiophene rings is 1. The molecule has 0 aromatic carbocycles. The average molecular weight is 517 g/mol. The monoisotopic (exact) mass is 517 g/mol. The Hall–Kier alpha value is -1.46. The van der Waals surface area contributed by atoms with Gasteiger partial charge in [-0.25, -0.2) is 9.97 Å². The maximum atomic E-state index is 5.57. The Balaban J connectivity index is 0.00000261. The normalized spacial score (nSPS) is 11.3. The zero-order valence-corrected chi connectivity index (χ0v) is 19.8. The quantitative estimate of drug-likeness (QED) is 0.290. The van der Waals surface area contributed by atoms with Gasteiger partial charge < -0.3 is 15.1 Å². The summed E-state index contributed by atoms with van der Waals surface area (Å²) in [6.45, 7) is 7.21. The van der Waals surface area contributed by atoms with Gasteiger partial charge >= 0.3 is 0 Å². The van der Waals surface area contributed by atoms with Crippen LogP contribution in [-0.2, 0) is 13.0 Å². The first-order valence-corrected chi connectivity index (χ1v) is 10.1. The lowest BCUT2D eigenvalue weighted by Crippen LogP contribution is -2.37. The highest BCUT2D eigenvalue weighted by Gasteiger charge is 2.08. The van der Waals surface area contributed by atoms with Gasteiger partial charge in [-0.1, -0.05) is 0 Å². The zero-order valence-electron chi connectivity index (χ0n) is 15.8. The van der Waals surface area contributed by atoms with Crippen molar-refractivity contribution in [2.45, 2.75) is 33.7 Å². The van der Waals surface area contributed by atoms with Crippen molar-refractivity contribution in [3.05, 3.63) is 44.7 Å². The third-order valence-electron chi connectivity index (χ3n) is 3.90. The SMILES string of the molecule is CN=C(NCCc1ccc(-c2csc(C)n2)s1)NCc1nc(C)c(C)o1.I. The van der Waals surface area contributed by atoms with Crippen LogP contribution in [0, 0.1) is 20.8 Å². The second kappa shape index (κ2) is 10.2. The molecule has 0 atom stereocenters. The zero-order chi connectivity index (χ0) is 18.5.